The molecule has 0 saturated carbocycles. The standard InChI is InChI=1S/C36H42O/c1-29(31-17-9-5-10-18-31)25-27-35(3,33-21-13-7-14-22-33)37-36(4,34-23-15-8-16-24-34)28-26-30(2)32-19-11-6-12-20-32/h5-24,29-30H,25-28H2,1-4H3. The normalized spacial score (nSPS) is 16.3. The van der Waals surface area contributed by atoms with Gasteiger partial charge in [-0.25, -0.2) is 0 Å². The lowest BCUT2D eigenvalue weighted by atomic mass is 9.82. The fourth-order valence-electron chi connectivity index (χ4n) is 5.47. The van der Waals surface area contributed by atoms with Crippen molar-refractivity contribution in [2.24, 2.45) is 0 Å². The Hall–Kier alpha value is -3.16. The highest BCUT2D eigenvalue weighted by Gasteiger charge is 2.38. The zero-order chi connectivity index (χ0) is 26.1. The third kappa shape index (κ3) is 6.99. The molecule has 4 atom stereocenters. The van der Waals surface area contributed by atoms with Crippen molar-refractivity contribution in [2.75, 3.05) is 0 Å². The van der Waals surface area contributed by atoms with Gasteiger partial charge < -0.3 is 4.74 Å². The summed E-state index contributed by atoms with van der Waals surface area (Å²) in [5, 5.41) is 0. The lowest BCUT2D eigenvalue weighted by molar-refractivity contribution is -0.161. The van der Waals surface area contributed by atoms with Gasteiger partial charge in [-0.05, 0) is 73.6 Å². The fraction of sp³-hybridized carbons (Fsp3) is 0.333. The minimum absolute atomic E-state index is 0.412. The predicted octanol–water partition coefficient (Wildman–Crippen LogP) is 10.0. The fourth-order valence-corrected chi connectivity index (χ4v) is 5.47. The van der Waals surface area contributed by atoms with Crippen molar-refractivity contribution < 1.29 is 4.74 Å². The second-order valence-corrected chi connectivity index (χ2v) is 11.0. The number of hydrogen-bond acceptors (Lipinski definition) is 1. The molecule has 0 aliphatic heterocycles. The molecule has 4 unspecified atom stereocenters. The first-order valence-electron chi connectivity index (χ1n) is 13.8. The topological polar surface area (TPSA) is 9.23 Å². The van der Waals surface area contributed by atoms with Crippen LogP contribution in [0.4, 0.5) is 0 Å². The van der Waals surface area contributed by atoms with E-state index in [4.69, 9.17) is 4.74 Å². The summed E-state index contributed by atoms with van der Waals surface area (Å²) < 4.78 is 7.37. The SMILES string of the molecule is CC(CCC(C)(OC(C)(CCC(C)c1ccccc1)c1ccccc1)c1ccccc1)c1ccccc1. The van der Waals surface area contributed by atoms with E-state index >= 15 is 0 Å². The number of ether oxygens (including phenoxy) is 1. The molecular formula is C36H42O. The summed E-state index contributed by atoms with van der Waals surface area (Å²) in [7, 11) is 0. The summed E-state index contributed by atoms with van der Waals surface area (Å²) in [5.74, 6) is 0.933. The van der Waals surface area contributed by atoms with Gasteiger partial charge in [0.2, 0.25) is 0 Å². The van der Waals surface area contributed by atoms with Crippen LogP contribution in [0.3, 0.4) is 0 Å². The molecule has 0 aliphatic rings. The molecule has 0 N–H and O–H groups in total. The summed E-state index contributed by atoms with van der Waals surface area (Å²) in [6.45, 7) is 9.25. The number of rotatable bonds is 12. The van der Waals surface area contributed by atoms with Crippen LogP contribution in [0.2, 0.25) is 0 Å². The van der Waals surface area contributed by atoms with Crippen molar-refractivity contribution in [3.8, 4) is 0 Å². The van der Waals surface area contributed by atoms with Gasteiger partial charge in [0.1, 0.15) is 0 Å². The van der Waals surface area contributed by atoms with E-state index in [2.05, 4.69) is 149 Å². The first-order valence-corrected chi connectivity index (χ1v) is 13.8. The van der Waals surface area contributed by atoms with E-state index in [0.717, 1.165) is 25.7 Å². The zero-order valence-corrected chi connectivity index (χ0v) is 22.9. The van der Waals surface area contributed by atoms with Gasteiger partial charge in [0, 0.05) is 0 Å². The summed E-state index contributed by atoms with van der Waals surface area (Å²) >= 11 is 0. The van der Waals surface area contributed by atoms with Gasteiger partial charge in [-0.2, -0.15) is 0 Å². The van der Waals surface area contributed by atoms with Crippen LogP contribution in [0.15, 0.2) is 121 Å². The van der Waals surface area contributed by atoms with Crippen LogP contribution < -0.4 is 0 Å². The van der Waals surface area contributed by atoms with Crippen LogP contribution in [0.25, 0.3) is 0 Å². The van der Waals surface area contributed by atoms with E-state index in [0.29, 0.717) is 11.8 Å². The second kappa shape index (κ2) is 12.4. The van der Waals surface area contributed by atoms with E-state index in [1.807, 2.05) is 0 Å². The smallest absolute Gasteiger partial charge is 0.0915 e. The average Bonchev–Trinajstić information content (AvgIpc) is 2.96. The molecule has 0 heterocycles. The van der Waals surface area contributed by atoms with Crippen molar-refractivity contribution in [1.29, 1.82) is 0 Å². The van der Waals surface area contributed by atoms with Crippen molar-refractivity contribution in [2.45, 2.75) is 76.4 Å². The molecule has 0 aromatic heterocycles. The van der Waals surface area contributed by atoms with Crippen molar-refractivity contribution in [1.82, 2.24) is 0 Å². The molecule has 0 aliphatic carbocycles. The Balaban J connectivity index is 1.61. The quantitative estimate of drug-likeness (QED) is 0.192. The summed E-state index contributed by atoms with van der Waals surface area (Å²) in [6.07, 6.45) is 4.01. The minimum atomic E-state index is -0.412. The Morgan fingerprint density at radius 1 is 0.486 bits per heavy atom. The highest BCUT2D eigenvalue weighted by Crippen LogP contribution is 2.44. The predicted molar refractivity (Wildman–Crippen MR) is 157 cm³/mol. The van der Waals surface area contributed by atoms with E-state index in [1.54, 1.807) is 0 Å². The van der Waals surface area contributed by atoms with Crippen LogP contribution in [-0.2, 0) is 15.9 Å². The van der Waals surface area contributed by atoms with E-state index < -0.39 is 11.2 Å². The molecule has 4 aromatic rings. The lowest BCUT2D eigenvalue weighted by Gasteiger charge is -2.42. The molecule has 1 nitrogen and oxygen atoms in total. The van der Waals surface area contributed by atoms with Crippen molar-refractivity contribution in [3.05, 3.63) is 144 Å². The van der Waals surface area contributed by atoms with Crippen LogP contribution in [0.1, 0.15) is 87.5 Å². The maximum atomic E-state index is 7.37. The van der Waals surface area contributed by atoms with Gasteiger partial charge in [0.05, 0.1) is 11.2 Å². The summed E-state index contributed by atoms with van der Waals surface area (Å²) in [5.41, 5.74) is 4.44. The monoisotopic (exact) mass is 490 g/mol. The summed E-state index contributed by atoms with van der Waals surface area (Å²) in [6, 6.07) is 43.3. The number of hydrogen-bond donors (Lipinski definition) is 0. The maximum absolute atomic E-state index is 7.37. The molecule has 4 rings (SSSR count). The van der Waals surface area contributed by atoms with Gasteiger partial charge >= 0.3 is 0 Å². The van der Waals surface area contributed by atoms with Crippen LogP contribution in [0, 0.1) is 0 Å². The molecule has 0 radical (unpaired) electrons. The van der Waals surface area contributed by atoms with Gasteiger partial charge in [-0.15, -0.1) is 0 Å². The summed E-state index contributed by atoms with van der Waals surface area (Å²) in [4.78, 5) is 0. The lowest BCUT2D eigenvalue weighted by Crippen LogP contribution is -2.38. The maximum Gasteiger partial charge on any atom is 0.0915 e. The molecule has 1 heteroatoms. The third-order valence-corrected chi connectivity index (χ3v) is 8.07. The Morgan fingerprint density at radius 3 is 1.11 bits per heavy atom. The molecule has 4 aromatic carbocycles. The molecular weight excluding hydrogens is 448 g/mol. The van der Waals surface area contributed by atoms with Gasteiger partial charge in [-0.1, -0.05) is 135 Å². The molecule has 0 amide bonds. The number of benzene rings is 4. The van der Waals surface area contributed by atoms with E-state index in [1.165, 1.54) is 22.3 Å². The van der Waals surface area contributed by atoms with E-state index in [-0.39, 0.29) is 0 Å². The molecule has 37 heavy (non-hydrogen) atoms. The first kappa shape index (κ1) is 26.9. The van der Waals surface area contributed by atoms with Crippen molar-refractivity contribution >= 4 is 0 Å². The highest BCUT2D eigenvalue weighted by molar-refractivity contribution is 5.27. The van der Waals surface area contributed by atoms with Gasteiger partial charge in [-0.3, -0.25) is 0 Å². The Bertz CT molecular complexity index is 1090. The largest absolute Gasteiger partial charge is 0.360 e. The molecule has 0 saturated heterocycles. The Kier molecular flexibility index (Phi) is 9.00. The average molecular weight is 491 g/mol. The highest BCUT2D eigenvalue weighted by atomic mass is 16.5. The van der Waals surface area contributed by atoms with Crippen LogP contribution >= 0.6 is 0 Å². The minimum Gasteiger partial charge on any atom is -0.360 e. The molecule has 192 valence electrons. The van der Waals surface area contributed by atoms with E-state index in [9.17, 15) is 0 Å². The zero-order valence-electron chi connectivity index (χ0n) is 22.9. The molecule has 0 bridgehead atoms. The van der Waals surface area contributed by atoms with Crippen LogP contribution in [0.5, 0.6) is 0 Å². The second-order valence-electron chi connectivity index (χ2n) is 11.0. The Labute approximate surface area is 224 Å². The molecule has 0 fully saturated rings. The third-order valence-electron chi connectivity index (χ3n) is 8.07. The Morgan fingerprint density at radius 2 is 0.784 bits per heavy atom. The first-order chi connectivity index (χ1) is 17.9. The van der Waals surface area contributed by atoms with Gasteiger partial charge in [0.15, 0.2) is 0 Å². The van der Waals surface area contributed by atoms with Gasteiger partial charge in [0.25, 0.3) is 0 Å². The van der Waals surface area contributed by atoms with Crippen molar-refractivity contribution in [3.63, 3.8) is 0 Å². The van der Waals surface area contributed by atoms with Crippen LogP contribution in [-0.4, -0.2) is 0 Å². The molecule has 0 spiro atoms.